The SMILES string of the molecule is C=C(C[C@@H](N)C(=O)OC(C)C)C(=C)C(=O)O. The van der Waals surface area contributed by atoms with Crippen molar-refractivity contribution in [2.24, 2.45) is 5.73 Å². The van der Waals surface area contributed by atoms with Crippen LogP contribution in [0.25, 0.3) is 0 Å². The minimum Gasteiger partial charge on any atom is -0.478 e. The molecule has 0 saturated carbocycles. The van der Waals surface area contributed by atoms with Crippen molar-refractivity contribution >= 4 is 11.9 Å². The Bertz CT molecular complexity index is 320. The summed E-state index contributed by atoms with van der Waals surface area (Å²) in [6.07, 6.45) is -0.231. The third kappa shape index (κ3) is 4.75. The highest BCUT2D eigenvalue weighted by atomic mass is 16.5. The number of aliphatic carboxylic acids is 1. The van der Waals surface area contributed by atoms with Crippen molar-refractivity contribution in [2.45, 2.75) is 32.4 Å². The van der Waals surface area contributed by atoms with Gasteiger partial charge in [-0.3, -0.25) is 4.79 Å². The third-order valence-corrected chi connectivity index (χ3v) is 1.81. The first-order valence-electron chi connectivity index (χ1n) is 4.82. The molecule has 0 aliphatic rings. The number of carbonyl (C=O) groups excluding carboxylic acids is 1. The summed E-state index contributed by atoms with van der Waals surface area (Å²) in [6, 6.07) is -0.911. The van der Waals surface area contributed by atoms with Crippen molar-refractivity contribution in [1.82, 2.24) is 0 Å². The van der Waals surface area contributed by atoms with Gasteiger partial charge in [-0.2, -0.15) is 0 Å². The first-order chi connectivity index (χ1) is 7.25. The lowest BCUT2D eigenvalue weighted by Crippen LogP contribution is -2.34. The van der Waals surface area contributed by atoms with Gasteiger partial charge in [0.15, 0.2) is 0 Å². The smallest absolute Gasteiger partial charge is 0.335 e. The van der Waals surface area contributed by atoms with Gasteiger partial charge in [0, 0.05) is 0 Å². The fourth-order valence-corrected chi connectivity index (χ4v) is 0.943. The molecule has 0 unspecified atom stereocenters. The lowest BCUT2D eigenvalue weighted by molar-refractivity contribution is -0.149. The van der Waals surface area contributed by atoms with Gasteiger partial charge in [-0.15, -0.1) is 0 Å². The highest BCUT2D eigenvalue weighted by Gasteiger charge is 2.19. The van der Waals surface area contributed by atoms with Crippen LogP contribution in [0.15, 0.2) is 24.3 Å². The van der Waals surface area contributed by atoms with Crippen LogP contribution >= 0.6 is 0 Å². The summed E-state index contributed by atoms with van der Waals surface area (Å²) in [4.78, 5) is 21.9. The van der Waals surface area contributed by atoms with Gasteiger partial charge in [-0.25, -0.2) is 4.79 Å². The summed E-state index contributed by atoms with van der Waals surface area (Å²) in [7, 11) is 0. The quantitative estimate of drug-likeness (QED) is 0.399. The van der Waals surface area contributed by atoms with Crippen molar-refractivity contribution in [1.29, 1.82) is 0 Å². The van der Waals surface area contributed by atoms with E-state index in [0.29, 0.717) is 0 Å². The van der Waals surface area contributed by atoms with Crippen molar-refractivity contribution in [2.75, 3.05) is 0 Å². The van der Waals surface area contributed by atoms with Gasteiger partial charge in [0.25, 0.3) is 0 Å². The van der Waals surface area contributed by atoms with Crippen molar-refractivity contribution in [3.8, 4) is 0 Å². The summed E-state index contributed by atoms with van der Waals surface area (Å²) in [5, 5.41) is 8.63. The number of hydrogen-bond donors (Lipinski definition) is 2. The zero-order chi connectivity index (χ0) is 12.9. The van der Waals surface area contributed by atoms with Crippen LogP contribution in [0.4, 0.5) is 0 Å². The molecule has 5 heteroatoms. The number of carbonyl (C=O) groups is 2. The molecule has 0 aromatic heterocycles. The molecule has 0 aromatic rings. The second-order valence-corrected chi connectivity index (χ2v) is 3.68. The second kappa shape index (κ2) is 6.07. The Hall–Kier alpha value is -1.62. The molecule has 0 aliphatic carbocycles. The molecule has 1 atom stereocenters. The van der Waals surface area contributed by atoms with Crippen LogP contribution in [0, 0.1) is 0 Å². The van der Waals surface area contributed by atoms with Gasteiger partial charge in [-0.1, -0.05) is 13.2 Å². The molecule has 0 aromatic carbocycles. The van der Waals surface area contributed by atoms with E-state index in [1.54, 1.807) is 13.8 Å². The van der Waals surface area contributed by atoms with E-state index in [9.17, 15) is 9.59 Å². The summed E-state index contributed by atoms with van der Waals surface area (Å²) in [5.41, 5.74) is 5.61. The highest BCUT2D eigenvalue weighted by molar-refractivity contribution is 5.91. The topological polar surface area (TPSA) is 89.6 Å². The van der Waals surface area contributed by atoms with E-state index in [1.807, 2.05) is 0 Å². The van der Waals surface area contributed by atoms with E-state index >= 15 is 0 Å². The molecule has 0 aliphatic heterocycles. The second-order valence-electron chi connectivity index (χ2n) is 3.68. The van der Waals surface area contributed by atoms with Gasteiger partial charge in [-0.05, 0) is 25.8 Å². The molecule has 3 N–H and O–H groups in total. The molecule has 5 nitrogen and oxygen atoms in total. The number of nitrogens with two attached hydrogens (primary N) is 1. The molecular formula is C11H17NO4. The summed E-state index contributed by atoms with van der Waals surface area (Å²) >= 11 is 0. The van der Waals surface area contributed by atoms with Crippen LogP contribution in [0.1, 0.15) is 20.3 Å². The Morgan fingerprint density at radius 1 is 1.38 bits per heavy atom. The Kier molecular flexibility index (Phi) is 5.46. The lowest BCUT2D eigenvalue weighted by atomic mass is 10.0. The number of hydrogen-bond acceptors (Lipinski definition) is 4. The highest BCUT2D eigenvalue weighted by Crippen LogP contribution is 2.12. The zero-order valence-electron chi connectivity index (χ0n) is 9.53. The van der Waals surface area contributed by atoms with E-state index < -0.39 is 18.0 Å². The fraction of sp³-hybridized carbons (Fsp3) is 0.455. The molecule has 0 bridgehead atoms. The molecule has 0 saturated heterocycles. The van der Waals surface area contributed by atoms with Gasteiger partial charge in [0.1, 0.15) is 6.04 Å². The van der Waals surface area contributed by atoms with Crippen LogP contribution in [-0.4, -0.2) is 29.2 Å². The number of carboxylic acid groups (broad SMARTS) is 1. The van der Waals surface area contributed by atoms with Crippen molar-refractivity contribution in [3.63, 3.8) is 0 Å². The maximum Gasteiger partial charge on any atom is 0.335 e. The largest absolute Gasteiger partial charge is 0.478 e. The lowest BCUT2D eigenvalue weighted by Gasteiger charge is -2.14. The molecule has 0 heterocycles. The first kappa shape index (κ1) is 14.4. The van der Waals surface area contributed by atoms with E-state index in [1.165, 1.54) is 0 Å². The third-order valence-electron chi connectivity index (χ3n) is 1.81. The van der Waals surface area contributed by atoms with Gasteiger partial charge in [0.2, 0.25) is 0 Å². The Morgan fingerprint density at radius 2 is 1.88 bits per heavy atom. The standard InChI is InChI=1S/C11H17NO4/c1-6(2)16-11(15)9(12)5-7(3)8(4)10(13)14/h6,9H,3-5,12H2,1-2H3,(H,13,14)/t9-/m1/s1. The normalized spacial score (nSPS) is 12.0. The predicted molar refractivity (Wildman–Crippen MR) is 59.7 cm³/mol. The van der Waals surface area contributed by atoms with Gasteiger partial charge >= 0.3 is 11.9 Å². The van der Waals surface area contributed by atoms with Crippen molar-refractivity contribution < 1.29 is 19.4 Å². The van der Waals surface area contributed by atoms with Crippen LogP contribution in [0.2, 0.25) is 0 Å². The van der Waals surface area contributed by atoms with E-state index in [4.69, 9.17) is 15.6 Å². The molecule has 16 heavy (non-hydrogen) atoms. The maximum atomic E-state index is 11.3. The Morgan fingerprint density at radius 3 is 2.25 bits per heavy atom. The van der Waals surface area contributed by atoms with Crippen LogP contribution in [0.3, 0.4) is 0 Å². The van der Waals surface area contributed by atoms with Crippen LogP contribution in [-0.2, 0) is 14.3 Å². The molecular weight excluding hydrogens is 210 g/mol. The van der Waals surface area contributed by atoms with Gasteiger partial charge in [0.05, 0.1) is 11.7 Å². The number of carboxylic acids is 1. The molecule has 90 valence electrons. The van der Waals surface area contributed by atoms with E-state index in [0.717, 1.165) is 0 Å². The minimum atomic E-state index is -1.17. The predicted octanol–water partition coefficient (Wildman–Crippen LogP) is 0.852. The Balaban J connectivity index is 4.29. The number of rotatable bonds is 6. The number of esters is 1. The first-order valence-corrected chi connectivity index (χ1v) is 4.82. The maximum absolute atomic E-state index is 11.3. The number of ether oxygens (including phenoxy) is 1. The monoisotopic (exact) mass is 227 g/mol. The minimum absolute atomic E-state index is 0.0245. The summed E-state index contributed by atoms with van der Waals surface area (Å²) in [6.45, 7) is 10.2. The van der Waals surface area contributed by atoms with Crippen LogP contribution in [0.5, 0.6) is 0 Å². The molecule has 0 spiro atoms. The molecule has 0 radical (unpaired) electrons. The zero-order valence-corrected chi connectivity index (χ0v) is 9.53. The fourth-order valence-electron chi connectivity index (χ4n) is 0.943. The van der Waals surface area contributed by atoms with Gasteiger partial charge < -0.3 is 15.6 Å². The van der Waals surface area contributed by atoms with Crippen molar-refractivity contribution in [3.05, 3.63) is 24.3 Å². The van der Waals surface area contributed by atoms with Crippen LogP contribution < -0.4 is 5.73 Å². The summed E-state index contributed by atoms with van der Waals surface area (Å²) < 4.78 is 4.87. The molecule has 0 fully saturated rings. The van der Waals surface area contributed by atoms with E-state index in [-0.39, 0.29) is 23.7 Å². The molecule has 0 rings (SSSR count). The molecule has 0 amide bonds. The average Bonchev–Trinajstić information content (AvgIpc) is 2.14. The Labute approximate surface area is 94.6 Å². The summed E-state index contributed by atoms with van der Waals surface area (Å²) in [5.74, 6) is -1.75. The van der Waals surface area contributed by atoms with E-state index in [2.05, 4.69) is 13.2 Å². The average molecular weight is 227 g/mol.